The summed E-state index contributed by atoms with van der Waals surface area (Å²) in [5.41, 5.74) is 6.21. The van der Waals surface area contributed by atoms with Crippen LogP contribution < -0.4 is 21.1 Å². The maximum absolute atomic E-state index is 12.1. The average Bonchev–Trinajstić information content (AvgIpc) is 3.44. The lowest BCUT2D eigenvalue weighted by molar-refractivity contribution is 0.100. The molecule has 1 heterocycles. The summed E-state index contributed by atoms with van der Waals surface area (Å²) in [5.74, 6) is 0.0761. The predicted octanol–water partition coefficient (Wildman–Crippen LogP) is 1.58. The molecule has 0 spiro atoms. The monoisotopic (exact) mass is 390 g/mol. The lowest BCUT2D eigenvalue weighted by Gasteiger charge is -2.11. The van der Waals surface area contributed by atoms with Crippen molar-refractivity contribution in [3.05, 3.63) is 36.0 Å². The van der Waals surface area contributed by atoms with E-state index in [0.717, 1.165) is 12.8 Å². The predicted molar refractivity (Wildman–Crippen MR) is 102 cm³/mol. The quantitative estimate of drug-likeness (QED) is 0.510. The normalized spacial score (nSPS) is 14.0. The molecule has 0 radical (unpaired) electrons. The molecule has 1 amide bonds. The van der Waals surface area contributed by atoms with Crippen molar-refractivity contribution in [1.29, 1.82) is 0 Å². The topological polar surface area (TPSA) is 139 Å². The van der Waals surface area contributed by atoms with Crippen LogP contribution in [-0.4, -0.2) is 36.9 Å². The molecule has 144 valence electrons. The molecule has 1 fully saturated rings. The van der Waals surface area contributed by atoms with E-state index in [4.69, 9.17) is 5.73 Å². The number of carbonyl (C=O) groups excluding carboxylic acids is 1. The first-order valence-corrected chi connectivity index (χ1v) is 10.2. The van der Waals surface area contributed by atoms with Crippen molar-refractivity contribution >= 4 is 33.4 Å². The van der Waals surface area contributed by atoms with Crippen LogP contribution >= 0.6 is 0 Å². The number of aromatic nitrogens is 2. The highest BCUT2D eigenvalue weighted by molar-refractivity contribution is 7.89. The standard InChI is InChI=1S/C17H22N6O3S/c1-2-9-20-27(25,26)13-7-5-12(6-8-13)22-17-19-10-14(15(18)24)16(23-17)21-11-3-4-11/h5-8,10-11,20H,2-4,9H2,1H3,(H2,18,24)(H2,19,21,22,23). The third-order valence-corrected chi connectivity index (χ3v) is 5.41. The minimum atomic E-state index is -3.51. The van der Waals surface area contributed by atoms with Crippen molar-refractivity contribution in [2.75, 3.05) is 17.2 Å². The lowest BCUT2D eigenvalue weighted by atomic mass is 10.3. The number of primary amides is 1. The second-order valence-electron chi connectivity index (χ2n) is 6.29. The number of hydrogen-bond acceptors (Lipinski definition) is 7. The summed E-state index contributed by atoms with van der Waals surface area (Å²) in [6.45, 7) is 2.28. The number of amides is 1. The van der Waals surface area contributed by atoms with Gasteiger partial charge in [-0.05, 0) is 43.5 Å². The van der Waals surface area contributed by atoms with Gasteiger partial charge in [-0.15, -0.1) is 0 Å². The molecular formula is C17H22N6O3S. The van der Waals surface area contributed by atoms with E-state index in [1.54, 1.807) is 12.1 Å². The van der Waals surface area contributed by atoms with Crippen molar-refractivity contribution < 1.29 is 13.2 Å². The summed E-state index contributed by atoms with van der Waals surface area (Å²) in [5, 5.41) is 6.16. The fourth-order valence-corrected chi connectivity index (χ4v) is 3.45. The van der Waals surface area contributed by atoms with Crippen LogP contribution in [0.3, 0.4) is 0 Å². The molecular weight excluding hydrogens is 368 g/mol. The molecule has 1 saturated carbocycles. The third kappa shape index (κ3) is 4.92. The fraction of sp³-hybridized carbons (Fsp3) is 0.353. The van der Waals surface area contributed by atoms with Crippen LogP contribution in [-0.2, 0) is 10.0 Å². The summed E-state index contributed by atoms with van der Waals surface area (Å²) in [7, 11) is -3.51. The van der Waals surface area contributed by atoms with Crippen LogP contribution in [0.15, 0.2) is 35.4 Å². The Morgan fingerprint density at radius 2 is 1.96 bits per heavy atom. The highest BCUT2D eigenvalue weighted by Crippen LogP contribution is 2.26. The highest BCUT2D eigenvalue weighted by Gasteiger charge is 2.24. The lowest BCUT2D eigenvalue weighted by Crippen LogP contribution is -2.24. The minimum Gasteiger partial charge on any atom is -0.367 e. The Bertz CT molecular complexity index is 926. The average molecular weight is 390 g/mol. The van der Waals surface area contributed by atoms with Gasteiger partial charge in [0.05, 0.1) is 10.5 Å². The summed E-state index contributed by atoms with van der Waals surface area (Å²) in [4.78, 5) is 20.1. The van der Waals surface area contributed by atoms with Gasteiger partial charge in [0.25, 0.3) is 5.91 Å². The number of nitrogens with two attached hydrogens (primary N) is 1. The summed E-state index contributed by atoms with van der Waals surface area (Å²) in [6.07, 6.45) is 4.13. The zero-order chi connectivity index (χ0) is 19.4. The number of benzene rings is 1. The summed E-state index contributed by atoms with van der Waals surface area (Å²) in [6, 6.07) is 6.55. The van der Waals surface area contributed by atoms with Crippen LogP contribution in [0.4, 0.5) is 17.5 Å². The van der Waals surface area contributed by atoms with E-state index in [1.807, 2.05) is 6.92 Å². The molecule has 0 aliphatic heterocycles. The van der Waals surface area contributed by atoms with Gasteiger partial charge in [-0.2, -0.15) is 4.98 Å². The first kappa shape index (κ1) is 19.1. The largest absolute Gasteiger partial charge is 0.367 e. The van der Waals surface area contributed by atoms with E-state index in [9.17, 15) is 13.2 Å². The summed E-state index contributed by atoms with van der Waals surface area (Å²) >= 11 is 0. The molecule has 5 N–H and O–H groups in total. The molecule has 1 aromatic carbocycles. The molecule has 2 aromatic rings. The maximum atomic E-state index is 12.1. The van der Waals surface area contributed by atoms with E-state index in [0.29, 0.717) is 30.5 Å². The molecule has 9 nitrogen and oxygen atoms in total. The van der Waals surface area contributed by atoms with Gasteiger partial charge >= 0.3 is 0 Å². The van der Waals surface area contributed by atoms with E-state index in [1.165, 1.54) is 18.3 Å². The Kier molecular flexibility index (Phi) is 5.57. The Labute approximate surface area is 157 Å². The van der Waals surface area contributed by atoms with Crippen LogP contribution in [0.1, 0.15) is 36.5 Å². The molecule has 1 aliphatic rings. The van der Waals surface area contributed by atoms with Crippen molar-refractivity contribution in [3.8, 4) is 0 Å². The SMILES string of the molecule is CCCNS(=O)(=O)c1ccc(Nc2ncc(C(N)=O)c(NC3CC3)n2)cc1. The number of nitrogens with zero attached hydrogens (tertiary/aromatic N) is 2. The molecule has 1 aromatic heterocycles. The third-order valence-electron chi connectivity index (χ3n) is 3.94. The molecule has 0 unspecified atom stereocenters. The first-order valence-electron chi connectivity index (χ1n) is 8.69. The Hall–Kier alpha value is -2.72. The van der Waals surface area contributed by atoms with E-state index < -0.39 is 15.9 Å². The van der Waals surface area contributed by atoms with E-state index >= 15 is 0 Å². The van der Waals surface area contributed by atoms with E-state index in [-0.39, 0.29) is 16.4 Å². The molecule has 1 aliphatic carbocycles. The number of sulfonamides is 1. The number of nitrogens with one attached hydrogen (secondary N) is 3. The van der Waals surface area contributed by atoms with Crippen LogP contribution in [0.25, 0.3) is 0 Å². The Morgan fingerprint density at radius 1 is 1.26 bits per heavy atom. The van der Waals surface area contributed by atoms with Crippen LogP contribution in [0.5, 0.6) is 0 Å². The number of anilines is 3. The second kappa shape index (κ2) is 7.89. The van der Waals surface area contributed by atoms with Crippen LogP contribution in [0.2, 0.25) is 0 Å². The van der Waals surface area contributed by atoms with Gasteiger partial charge in [-0.1, -0.05) is 6.92 Å². The summed E-state index contributed by atoms with van der Waals surface area (Å²) < 4.78 is 26.7. The molecule has 3 rings (SSSR count). The van der Waals surface area contributed by atoms with Crippen molar-refractivity contribution in [3.63, 3.8) is 0 Å². The van der Waals surface area contributed by atoms with Gasteiger partial charge in [0.15, 0.2) is 0 Å². The molecule has 27 heavy (non-hydrogen) atoms. The van der Waals surface area contributed by atoms with Gasteiger partial charge < -0.3 is 16.4 Å². The Balaban J connectivity index is 1.76. The highest BCUT2D eigenvalue weighted by atomic mass is 32.2. The zero-order valence-corrected chi connectivity index (χ0v) is 15.7. The minimum absolute atomic E-state index is 0.183. The Morgan fingerprint density at radius 3 is 2.56 bits per heavy atom. The van der Waals surface area contributed by atoms with Gasteiger partial charge in [-0.25, -0.2) is 18.1 Å². The first-order chi connectivity index (χ1) is 12.9. The van der Waals surface area contributed by atoms with Crippen LogP contribution in [0, 0.1) is 0 Å². The van der Waals surface area contributed by atoms with Crippen molar-refractivity contribution in [2.24, 2.45) is 5.73 Å². The van der Waals surface area contributed by atoms with Gasteiger partial charge in [0, 0.05) is 24.5 Å². The van der Waals surface area contributed by atoms with E-state index in [2.05, 4.69) is 25.3 Å². The molecule has 0 saturated heterocycles. The number of carbonyl (C=O) groups is 1. The fourth-order valence-electron chi connectivity index (χ4n) is 2.32. The molecule has 0 atom stereocenters. The number of rotatable bonds is 9. The number of hydrogen-bond donors (Lipinski definition) is 4. The van der Waals surface area contributed by atoms with Crippen molar-refractivity contribution in [2.45, 2.75) is 37.1 Å². The van der Waals surface area contributed by atoms with Gasteiger partial charge in [0.1, 0.15) is 5.82 Å². The van der Waals surface area contributed by atoms with Gasteiger partial charge in [0.2, 0.25) is 16.0 Å². The maximum Gasteiger partial charge on any atom is 0.254 e. The second-order valence-corrected chi connectivity index (χ2v) is 8.05. The van der Waals surface area contributed by atoms with Crippen molar-refractivity contribution in [1.82, 2.24) is 14.7 Å². The molecule has 0 bridgehead atoms. The smallest absolute Gasteiger partial charge is 0.254 e. The van der Waals surface area contributed by atoms with Gasteiger partial charge in [-0.3, -0.25) is 4.79 Å². The zero-order valence-electron chi connectivity index (χ0n) is 14.9. The molecule has 10 heteroatoms.